The van der Waals surface area contributed by atoms with Crippen LogP contribution in [0.15, 0.2) is 23.1 Å². The number of methoxy groups -OCH3 is 1. The van der Waals surface area contributed by atoms with Crippen LogP contribution in [-0.4, -0.2) is 39.3 Å². The number of nitrogens with two attached hydrogens (primary N) is 1. The van der Waals surface area contributed by atoms with Crippen LogP contribution in [-0.2, 0) is 19.6 Å². The molecule has 0 aliphatic heterocycles. The summed E-state index contributed by atoms with van der Waals surface area (Å²) in [4.78, 5) is 10.9. The monoisotopic (exact) mass is 288 g/mol. The van der Waals surface area contributed by atoms with Gasteiger partial charge in [0.1, 0.15) is 0 Å². The molecule has 0 aromatic heterocycles. The zero-order valence-electron chi connectivity index (χ0n) is 10.6. The number of carbonyl (C=O) groups excluding carboxylic acids is 1. The second-order valence-corrected chi connectivity index (χ2v) is 5.74. The minimum Gasteiger partial charge on any atom is -0.467 e. The largest absolute Gasteiger partial charge is 0.467 e. The lowest BCUT2D eigenvalue weighted by Crippen LogP contribution is -2.37. The van der Waals surface area contributed by atoms with Crippen LogP contribution in [0.25, 0.3) is 0 Å². The van der Waals surface area contributed by atoms with Crippen molar-refractivity contribution in [2.75, 3.05) is 19.4 Å². The lowest BCUT2D eigenvalue weighted by molar-refractivity contribution is -0.149. The summed E-state index contributed by atoms with van der Waals surface area (Å²) in [5.74, 6) is -0.911. The SMILES string of the molecule is COC(=O)C(O)CNS(=O)(=O)c1cc(C)cc(N)c1. The predicted molar refractivity (Wildman–Crippen MR) is 68.8 cm³/mol. The molecule has 0 radical (unpaired) electrons. The van der Waals surface area contributed by atoms with Crippen molar-refractivity contribution in [2.45, 2.75) is 17.9 Å². The summed E-state index contributed by atoms with van der Waals surface area (Å²) in [5.41, 5.74) is 6.57. The summed E-state index contributed by atoms with van der Waals surface area (Å²) >= 11 is 0. The molecule has 19 heavy (non-hydrogen) atoms. The number of nitrogen functional groups attached to an aromatic ring is 1. The molecule has 1 aromatic rings. The van der Waals surface area contributed by atoms with Crippen molar-refractivity contribution in [3.8, 4) is 0 Å². The maximum atomic E-state index is 11.9. The Hall–Kier alpha value is -1.64. The number of hydrogen-bond donors (Lipinski definition) is 3. The van der Waals surface area contributed by atoms with Crippen molar-refractivity contribution in [1.82, 2.24) is 4.72 Å². The van der Waals surface area contributed by atoms with Crippen molar-refractivity contribution in [2.24, 2.45) is 0 Å². The molecule has 0 aliphatic carbocycles. The van der Waals surface area contributed by atoms with Gasteiger partial charge in [0.05, 0.1) is 12.0 Å². The summed E-state index contributed by atoms with van der Waals surface area (Å²) < 4.78 is 30.2. The molecule has 4 N–H and O–H groups in total. The van der Waals surface area contributed by atoms with Crippen LogP contribution in [0.2, 0.25) is 0 Å². The average molecular weight is 288 g/mol. The Balaban J connectivity index is 2.84. The summed E-state index contributed by atoms with van der Waals surface area (Å²) in [7, 11) is -2.74. The van der Waals surface area contributed by atoms with Crippen LogP contribution < -0.4 is 10.5 Å². The Morgan fingerprint density at radius 1 is 1.47 bits per heavy atom. The lowest BCUT2D eigenvalue weighted by atomic mass is 10.2. The van der Waals surface area contributed by atoms with Gasteiger partial charge in [0, 0.05) is 12.2 Å². The Kier molecular flexibility index (Phi) is 4.87. The van der Waals surface area contributed by atoms with Gasteiger partial charge >= 0.3 is 5.97 Å². The molecule has 7 nitrogen and oxygen atoms in total. The van der Waals surface area contributed by atoms with Crippen LogP contribution in [0.1, 0.15) is 5.56 Å². The van der Waals surface area contributed by atoms with Gasteiger partial charge in [0.15, 0.2) is 6.10 Å². The van der Waals surface area contributed by atoms with Gasteiger partial charge in [-0.1, -0.05) is 0 Å². The van der Waals surface area contributed by atoms with Crippen molar-refractivity contribution in [3.63, 3.8) is 0 Å². The highest BCUT2D eigenvalue weighted by molar-refractivity contribution is 7.89. The van der Waals surface area contributed by atoms with Crippen LogP contribution in [0.4, 0.5) is 5.69 Å². The summed E-state index contributed by atoms with van der Waals surface area (Å²) in [6, 6.07) is 4.35. The molecule has 1 atom stereocenters. The fourth-order valence-electron chi connectivity index (χ4n) is 1.42. The number of sulfonamides is 1. The molecule has 1 unspecified atom stereocenters. The number of ether oxygens (including phenoxy) is 1. The fraction of sp³-hybridized carbons (Fsp3) is 0.364. The topological polar surface area (TPSA) is 119 Å². The van der Waals surface area contributed by atoms with E-state index in [0.717, 1.165) is 7.11 Å². The van der Waals surface area contributed by atoms with Crippen molar-refractivity contribution in [3.05, 3.63) is 23.8 Å². The highest BCUT2D eigenvalue weighted by Crippen LogP contribution is 2.15. The first-order chi connectivity index (χ1) is 8.76. The van der Waals surface area contributed by atoms with Crippen LogP contribution >= 0.6 is 0 Å². The highest BCUT2D eigenvalue weighted by atomic mass is 32.2. The zero-order chi connectivity index (χ0) is 14.6. The summed E-state index contributed by atoms with van der Waals surface area (Å²) in [6.07, 6.45) is -1.55. The van der Waals surface area contributed by atoms with Gasteiger partial charge < -0.3 is 15.6 Å². The first kappa shape index (κ1) is 15.4. The van der Waals surface area contributed by atoms with E-state index in [9.17, 15) is 18.3 Å². The molecule has 106 valence electrons. The molecule has 1 rings (SSSR count). The number of aliphatic hydroxyl groups excluding tert-OH is 1. The van der Waals surface area contributed by atoms with E-state index < -0.39 is 28.6 Å². The molecular weight excluding hydrogens is 272 g/mol. The highest BCUT2D eigenvalue weighted by Gasteiger charge is 2.20. The Morgan fingerprint density at radius 3 is 2.63 bits per heavy atom. The third-order valence-corrected chi connectivity index (χ3v) is 3.73. The molecule has 0 spiro atoms. The van der Waals surface area contributed by atoms with E-state index in [0.29, 0.717) is 11.3 Å². The minimum atomic E-state index is -3.84. The number of esters is 1. The second-order valence-electron chi connectivity index (χ2n) is 3.97. The minimum absolute atomic E-state index is 0.0259. The van der Waals surface area contributed by atoms with E-state index in [1.165, 1.54) is 12.1 Å². The fourth-order valence-corrected chi connectivity index (χ4v) is 2.60. The number of rotatable bonds is 5. The number of nitrogens with one attached hydrogen (secondary N) is 1. The molecule has 0 bridgehead atoms. The Bertz CT molecular complexity index is 550. The molecular formula is C11H16N2O5S. The van der Waals surface area contributed by atoms with E-state index >= 15 is 0 Å². The van der Waals surface area contributed by atoms with Gasteiger partial charge in [0.25, 0.3) is 0 Å². The number of hydrogen-bond acceptors (Lipinski definition) is 6. The second kappa shape index (κ2) is 6.00. The summed E-state index contributed by atoms with van der Waals surface area (Å²) in [5, 5.41) is 9.31. The molecule has 0 amide bonds. The number of carbonyl (C=O) groups is 1. The van der Waals surface area contributed by atoms with Gasteiger partial charge in [0.2, 0.25) is 10.0 Å². The van der Waals surface area contributed by atoms with Gasteiger partial charge in [-0.25, -0.2) is 17.9 Å². The van der Waals surface area contributed by atoms with Crippen molar-refractivity contribution >= 4 is 21.7 Å². The van der Waals surface area contributed by atoms with Crippen LogP contribution in [0, 0.1) is 6.92 Å². The first-order valence-corrected chi connectivity index (χ1v) is 6.87. The van der Waals surface area contributed by atoms with Gasteiger partial charge in [-0.3, -0.25) is 0 Å². The van der Waals surface area contributed by atoms with Gasteiger partial charge in [-0.15, -0.1) is 0 Å². The number of aliphatic hydroxyl groups is 1. The molecule has 0 saturated carbocycles. The third kappa shape index (κ3) is 4.19. The third-order valence-electron chi connectivity index (χ3n) is 2.32. The van der Waals surface area contributed by atoms with E-state index in [1.807, 2.05) is 0 Å². The Morgan fingerprint density at radius 2 is 2.11 bits per heavy atom. The predicted octanol–water partition coefficient (Wildman–Crippen LogP) is -0.611. The van der Waals surface area contributed by atoms with E-state index in [-0.39, 0.29) is 4.90 Å². The van der Waals surface area contributed by atoms with E-state index in [2.05, 4.69) is 9.46 Å². The molecule has 0 aliphatic rings. The van der Waals surface area contributed by atoms with Crippen molar-refractivity contribution < 1.29 is 23.1 Å². The molecule has 0 saturated heterocycles. The zero-order valence-corrected chi connectivity index (χ0v) is 11.4. The number of benzene rings is 1. The van der Waals surface area contributed by atoms with Gasteiger partial charge in [-0.2, -0.15) is 0 Å². The van der Waals surface area contributed by atoms with Crippen LogP contribution in [0.5, 0.6) is 0 Å². The summed E-state index contributed by atoms with van der Waals surface area (Å²) in [6.45, 7) is 1.24. The van der Waals surface area contributed by atoms with Gasteiger partial charge in [-0.05, 0) is 30.7 Å². The molecule has 1 aromatic carbocycles. The molecule has 8 heteroatoms. The average Bonchev–Trinajstić information content (AvgIpc) is 2.33. The number of aryl methyl sites for hydroxylation is 1. The van der Waals surface area contributed by atoms with E-state index in [4.69, 9.17) is 5.73 Å². The van der Waals surface area contributed by atoms with E-state index in [1.54, 1.807) is 13.0 Å². The maximum Gasteiger partial charge on any atom is 0.336 e. The van der Waals surface area contributed by atoms with Crippen molar-refractivity contribution in [1.29, 1.82) is 0 Å². The Labute approximate surface area is 111 Å². The quantitative estimate of drug-likeness (QED) is 0.491. The smallest absolute Gasteiger partial charge is 0.336 e. The normalized spacial score (nSPS) is 13.0. The standard InChI is InChI=1S/C11H16N2O5S/c1-7-3-8(12)5-9(4-7)19(16,17)13-6-10(14)11(15)18-2/h3-5,10,13-14H,6,12H2,1-2H3. The molecule has 0 heterocycles. The van der Waals surface area contributed by atoms with Crippen LogP contribution in [0.3, 0.4) is 0 Å². The molecule has 0 fully saturated rings. The number of anilines is 1. The maximum absolute atomic E-state index is 11.9. The lowest BCUT2D eigenvalue weighted by Gasteiger charge is -2.11. The first-order valence-electron chi connectivity index (χ1n) is 5.39.